The number of hydrogen-bond donors (Lipinski definition) is 0. The first-order chi connectivity index (χ1) is 11.5. The highest BCUT2D eigenvalue weighted by Gasteiger charge is 2.30. The van der Waals surface area contributed by atoms with Crippen LogP contribution in [0.15, 0.2) is 36.7 Å². The number of hydrogen-bond acceptors (Lipinski definition) is 3. The molecule has 0 radical (unpaired) electrons. The lowest BCUT2D eigenvalue weighted by atomic mass is 10.0. The van der Waals surface area contributed by atoms with E-state index >= 15 is 0 Å². The van der Waals surface area contributed by atoms with Crippen LogP contribution in [-0.2, 0) is 18.3 Å². The molecule has 126 valence electrons. The number of aryl methyl sites for hydroxylation is 2. The fourth-order valence-electron chi connectivity index (χ4n) is 3.35. The van der Waals surface area contributed by atoms with Crippen LogP contribution in [0.1, 0.15) is 40.7 Å². The van der Waals surface area contributed by atoms with Crippen molar-refractivity contribution in [3.63, 3.8) is 0 Å². The molecule has 0 spiro atoms. The van der Waals surface area contributed by atoms with Gasteiger partial charge in [0.05, 0.1) is 18.2 Å². The Morgan fingerprint density at radius 1 is 1.29 bits per heavy atom. The zero-order chi connectivity index (χ0) is 17.1. The molecule has 0 aliphatic carbocycles. The van der Waals surface area contributed by atoms with E-state index in [0.717, 1.165) is 30.5 Å². The standard InChI is InChI=1S/C19H23N3O2/c1-14-6-3-4-7-15(14)10-19(24)22-9-5-8-17(22)11-18(23)16-12-20-21(2)13-16/h3-4,6-7,12-13,17H,5,8-11H2,1-2H3/t17-/m1/s1. The molecule has 1 aliphatic heterocycles. The van der Waals surface area contributed by atoms with Crippen molar-refractivity contribution in [1.29, 1.82) is 0 Å². The highest BCUT2D eigenvalue weighted by molar-refractivity contribution is 5.96. The number of Topliss-reactive ketones (excluding diaryl/α,β-unsaturated/α-hetero) is 1. The molecule has 0 bridgehead atoms. The van der Waals surface area contributed by atoms with Gasteiger partial charge in [-0.15, -0.1) is 0 Å². The van der Waals surface area contributed by atoms with Crippen molar-refractivity contribution in [3.8, 4) is 0 Å². The number of amides is 1. The minimum atomic E-state index is 0.00854. The number of benzene rings is 1. The van der Waals surface area contributed by atoms with Crippen LogP contribution in [-0.4, -0.2) is 39.0 Å². The number of likely N-dealkylation sites (tertiary alicyclic amines) is 1. The van der Waals surface area contributed by atoms with Gasteiger partial charge < -0.3 is 4.90 Å². The van der Waals surface area contributed by atoms with Crippen molar-refractivity contribution in [2.45, 2.75) is 38.6 Å². The van der Waals surface area contributed by atoms with Crippen LogP contribution in [0.4, 0.5) is 0 Å². The average molecular weight is 325 g/mol. The summed E-state index contributed by atoms with van der Waals surface area (Å²) < 4.78 is 1.63. The second-order valence-corrected chi connectivity index (χ2v) is 6.52. The summed E-state index contributed by atoms with van der Waals surface area (Å²) in [4.78, 5) is 27.0. The molecule has 0 N–H and O–H groups in total. The Morgan fingerprint density at radius 2 is 2.08 bits per heavy atom. The molecule has 1 atom stereocenters. The highest BCUT2D eigenvalue weighted by Crippen LogP contribution is 2.23. The predicted octanol–water partition coefficient (Wildman–Crippen LogP) is 2.54. The van der Waals surface area contributed by atoms with Gasteiger partial charge in [0.15, 0.2) is 5.78 Å². The lowest BCUT2D eigenvalue weighted by Gasteiger charge is -2.24. The van der Waals surface area contributed by atoms with Crippen LogP contribution in [0.5, 0.6) is 0 Å². The van der Waals surface area contributed by atoms with E-state index in [1.165, 1.54) is 0 Å². The Hall–Kier alpha value is -2.43. The van der Waals surface area contributed by atoms with Crippen LogP contribution >= 0.6 is 0 Å². The van der Waals surface area contributed by atoms with Crippen molar-refractivity contribution in [3.05, 3.63) is 53.3 Å². The molecule has 1 saturated heterocycles. The lowest BCUT2D eigenvalue weighted by molar-refractivity contribution is -0.131. The molecule has 5 nitrogen and oxygen atoms in total. The Kier molecular flexibility index (Phi) is 4.79. The van der Waals surface area contributed by atoms with Crippen molar-refractivity contribution in [2.24, 2.45) is 7.05 Å². The van der Waals surface area contributed by atoms with Gasteiger partial charge >= 0.3 is 0 Å². The number of nitrogens with zero attached hydrogens (tertiary/aromatic N) is 3. The van der Waals surface area contributed by atoms with Gasteiger partial charge in [-0.05, 0) is 30.9 Å². The van der Waals surface area contributed by atoms with Crippen LogP contribution in [0, 0.1) is 6.92 Å². The minimum Gasteiger partial charge on any atom is -0.339 e. The summed E-state index contributed by atoms with van der Waals surface area (Å²) in [7, 11) is 1.80. The molecule has 5 heteroatoms. The van der Waals surface area contributed by atoms with Crippen molar-refractivity contribution in [2.75, 3.05) is 6.54 Å². The van der Waals surface area contributed by atoms with Gasteiger partial charge in [0.25, 0.3) is 0 Å². The van der Waals surface area contributed by atoms with Gasteiger partial charge in [0.2, 0.25) is 5.91 Å². The summed E-state index contributed by atoms with van der Waals surface area (Å²) >= 11 is 0. The molecular formula is C19H23N3O2. The third kappa shape index (κ3) is 3.55. The Morgan fingerprint density at radius 3 is 2.79 bits per heavy atom. The minimum absolute atomic E-state index is 0.00854. The molecule has 1 amide bonds. The summed E-state index contributed by atoms with van der Waals surface area (Å²) in [5.74, 6) is 0.175. The van der Waals surface area contributed by atoms with Gasteiger partial charge in [0.1, 0.15) is 0 Å². The second-order valence-electron chi connectivity index (χ2n) is 6.52. The van der Waals surface area contributed by atoms with Gasteiger partial charge in [0, 0.05) is 32.3 Å². The smallest absolute Gasteiger partial charge is 0.227 e. The van der Waals surface area contributed by atoms with E-state index in [2.05, 4.69) is 5.10 Å². The first-order valence-electron chi connectivity index (χ1n) is 8.40. The first-order valence-corrected chi connectivity index (χ1v) is 8.40. The fourth-order valence-corrected chi connectivity index (χ4v) is 3.35. The number of carbonyl (C=O) groups is 2. The van der Waals surface area contributed by atoms with E-state index in [1.54, 1.807) is 24.1 Å². The van der Waals surface area contributed by atoms with Gasteiger partial charge in [-0.1, -0.05) is 24.3 Å². The quantitative estimate of drug-likeness (QED) is 0.794. The third-order valence-electron chi connectivity index (χ3n) is 4.75. The monoisotopic (exact) mass is 325 g/mol. The lowest BCUT2D eigenvalue weighted by Crippen LogP contribution is -2.37. The predicted molar refractivity (Wildman–Crippen MR) is 91.8 cm³/mol. The molecule has 1 aromatic carbocycles. The molecule has 2 aromatic rings. The fraction of sp³-hybridized carbons (Fsp3) is 0.421. The number of carbonyl (C=O) groups excluding carboxylic acids is 2. The van der Waals surface area contributed by atoms with Gasteiger partial charge in [-0.3, -0.25) is 14.3 Å². The summed E-state index contributed by atoms with van der Waals surface area (Å²) in [6.07, 6.45) is 5.97. The SMILES string of the molecule is Cc1ccccc1CC(=O)N1CCC[C@@H]1CC(=O)c1cnn(C)c1. The zero-order valence-corrected chi connectivity index (χ0v) is 14.2. The average Bonchev–Trinajstić information content (AvgIpc) is 3.18. The van der Waals surface area contributed by atoms with Gasteiger partial charge in [-0.25, -0.2) is 0 Å². The second kappa shape index (κ2) is 6.99. The third-order valence-corrected chi connectivity index (χ3v) is 4.75. The van der Waals surface area contributed by atoms with Gasteiger partial charge in [-0.2, -0.15) is 5.10 Å². The normalized spacial score (nSPS) is 17.2. The maximum absolute atomic E-state index is 12.7. The van der Waals surface area contributed by atoms with E-state index in [1.807, 2.05) is 36.1 Å². The Labute approximate surface area is 142 Å². The van der Waals surface area contributed by atoms with Crippen LogP contribution in [0.3, 0.4) is 0 Å². The first kappa shape index (κ1) is 16.4. The zero-order valence-electron chi connectivity index (χ0n) is 14.2. The maximum atomic E-state index is 12.7. The van der Waals surface area contributed by atoms with E-state index in [0.29, 0.717) is 18.4 Å². The number of aromatic nitrogens is 2. The highest BCUT2D eigenvalue weighted by atomic mass is 16.2. The molecule has 3 rings (SSSR count). The van der Waals surface area contributed by atoms with Crippen molar-refractivity contribution >= 4 is 11.7 Å². The summed E-state index contributed by atoms with van der Waals surface area (Å²) in [6.45, 7) is 2.77. The topological polar surface area (TPSA) is 55.2 Å². The Bertz CT molecular complexity index is 751. The van der Waals surface area contributed by atoms with E-state index in [9.17, 15) is 9.59 Å². The molecule has 1 fully saturated rings. The van der Waals surface area contributed by atoms with Crippen LogP contribution < -0.4 is 0 Å². The molecule has 1 aromatic heterocycles. The largest absolute Gasteiger partial charge is 0.339 e. The van der Waals surface area contributed by atoms with Crippen LogP contribution in [0.25, 0.3) is 0 Å². The molecule has 2 heterocycles. The van der Waals surface area contributed by atoms with Crippen LogP contribution in [0.2, 0.25) is 0 Å². The maximum Gasteiger partial charge on any atom is 0.227 e. The summed E-state index contributed by atoms with van der Waals surface area (Å²) in [5.41, 5.74) is 2.82. The van der Waals surface area contributed by atoms with E-state index < -0.39 is 0 Å². The number of ketones is 1. The molecule has 0 unspecified atom stereocenters. The van der Waals surface area contributed by atoms with E-state index in [-0.39, 0.29) is 17.7 Å². The van der Waals surface area contributed by atoms with Crippen molar-refractivity contribution < 1.29 is 9.59 Å². The molecule has 24 heavy (non-hydrogen) atoms. The van der Waals surface area contributed by atoms with Crippen molar-refractivity contribution in [1.82, 2.24) is 14.7 Å². The molecule has 0 saturated carbocycles. The summed E-state index contributed by atoms with van der Waals surface area (Å²) in [5, 5.41) is 4.05. The number of rotatable bonds is 5. The summed E-state index contributed by atoms with van der Waals surface area (Å²) in [6, 6.07) is 7.97. The molecular weight excluding hydrogens is 302 g/mol. The van der Waals surface area contributed by atoms with E-state index in [4.69, 9.17) is 0 Å². The molecule has 1 aliphatic rings. The Balaban J connectivity index is 1.65.